The number of benzene rings is 1. The largest absolute Gasteiger partial charge is 0.467 e. The van der Waals surface area contributed by atoms with E-state index in [4.69, 9.17) is 9.47 Å². The number of rotatable bonds is 2. The molecule has 1 aromatic heterocycles. The lowest BCUT2D eigenvalue weighted by atomic mass is 10.2. The molecule has 20 heavy (non-hydrogen) atoms. The van der Waals surface area contributed by atoms with E-state index in [1.165, 1.54) is 7.11 Å². The van der Waals surface area contributed by atoms with Gasteiger partial charge in [0.25, 0.3) is 0 Å². The van der Waals surface area contributed by atoms with Crippen molar-refractivity contribution in [2.45, 2.75) is 6.04 Å². The highest BCUT2D eigenvalue weighted by Gasteiger charge is 2.33. The molecule has 0 radical (unpaired) electrons. The molecule has 1 aromatic carbocycles. The first kappa shape index (κ1) is 12.9. The molecule has 0 bridgehead atoms. The van der Waals surface area contributed by atoms with Crippen LogP contribution in [0.4, 0.5) is 5.95 Å². The van der Waals surface area contributed by atoms with E-state index >= 15 is 0 Å². The van der Waals surface area contributed by atoms with Crippen LogP contribution in [0, 0.1) is 0 Å². The fourth-order valence-corrected chi connectivity index (χ4v) is 2.56. The summed E-state index contributed by atoms with van der Waals surface area (Å²) in [6.07, 6.45) is 0. The van der Waals surface area contributed by atoms with Crippen molar-refractivity contribution in [2.75, 3.05) is 31.8 Å². The fraction of sp³-hybridized carbons (Fsp3) is 0.429. The van der Waals surface area contributed by atoms with E-state index in [-0.39, 0.29) is 5.97 Å². The Kier molecular flexibility index (Phi) is 3.31. The normalized spacial score (nSPS) is 19.3. The summed E-state index contributed by atoms with van der Waals surface area (Å²) in [5.74, 6) is 0.474. The number of carbonyl (C=O) groups is 1. The molecule has 0 saturated carbocycles. The summed E-state index contributed by atoms with van der Waals surface area (Å²) < 4.78 is 12.2. The Balaban J connectivity index is 2.03. The van der Waals surface area contributed by atoms with Gasteiger partial charge in [0.05, 0.1) is 31.4 Å². The average molecular weight is 275 g/mol. The Hall–Kier alpha value is -2.08. The number of carbonyl (C=O) groups excluding carboxylic acids is 1. The van der Waals surface area contributed by atoms with Gasteiger partial charge in [0.2, 0.25) is 5.95 Å². The van der Waals surface area contributed by atoms with Crippen molar-refractivity contribution in [1.29, 1.82) is 0 Å². The van der Waals surface area contributed by atoms with Crippen LogP contribution in [-0.4, -0.2) is 48.4 Å². The van der Waals surface area contributed by atoms with E-state index < -0.39 is 6.04 Å². The molecule has 1 fully saturated rings. The number of imidazole rings is 1. The minimum Gasteiger partial charge on any atom is -0.467 e. The van der Waals surface area contributed by atoms with Crippen molar-refractivity contribution < 1.29 is 14.3 Å². The second-order valence-corrected chi connectivity index (χ2v) is 4.77. The summed E-state index contributed by atoms with van der Waals surface area (Å²) in [4.78, 5) is 18.5. The number of aromatic nitrogens is 2. The van der Waals surface area contributed by atoms with Crippen molar-refractivity contribution >= 4 is 23.0 Å². The van der Waals surface area contributed by atoms with Crippen molar-refractivity contribution in [2.24, 2.45) is 7.05 Å². The van der Waals surface area contributed by atoms with E-state index in [0.29, 0.717) is 19.8 Å². The maximum absolute atomic E-state index is 11.9. The van der Waals surface area contributed by atoms with Gasteiger partial charge in [0.1, 0.15) is 0 Å². The third-order valence-corrected chi connectivity index (χ3v) is 3.62. The molecule has 1 unspecified atom stereocenters. The van der Waals surface area contributed by atoms with Gasteiger partial charge in [-0.25, -0.2) is 9.78 Å². The number of hydrogen-bond acceptors (Lipinski definition) is 5. The number of nitrogens with zero attached hydrogens (tertiary/aromatic N) is 3. The molecule has 0 spiro atoms. The highest BCUT2D eigenvalue weighted by atomic mass is 16.5. The first-order chi connectivity index (χ1) is 9.72. The quantitative estimate of drug-likeness (QED) is 0.764. The van der Waals surface area contributed by atoms with Crippen LogP contribution in [-0.2, 0) is 21.3 Å². The average Bonchev–Trinajstić information content (AvgIpc) is 2.84. The summed E-state index contributed by atoms with van der Waals surface area (Å²) >= 11 is 0. The number of aryl methyl sites for hydroxylation is 1. The lowest BCUT2D eigenvalue weighted by molar-refractivity contribution is -0.144. The molecule has 1 aliphatic rings. The molecule has 1 aliphatic heterocycles. The van der Waals surface area contributed by atoms with E-state index in [9.17, 15) is 4.79 Å². The number of morpholine rings is 1. The fourth-order valence-electron chi connectivity index (χ4n) is 2.56. The zero-order valence-corrected chi connectivity index (χ0v) is 11.6. The summed E-state index contributed by atoms with van der Waals surface area (Å²) in [6.45, 7) is 1.53. The number of hydrogen-bond donors (Lipinski definition) is 0. The van der Waals surface area contributed by atoms with Crippen LogP contribution in [0.3, 0.4) is 0 Å². The topological polar surface area (TPSA) is 56.6 Å². The molecule has 2 heterocycles. The Morgan fingerprint density at radius 1 is 1.45 bits per heavy atom. The number of methoxy groups -OCH3 is 1. The summed E-state index contributed by atoms with van der Waals surface area (Å²) in [7, 11) is 3.35. The first-order valence-electron chi connectivity index (χ1n) is 6.56. The molecule has 6 heteroatoms. The molecule has 0 aliphatic carbocycles. The molecule has 2 aromatic rings. The molecule has 0 amide bonds. The van der Waals surface area contributed by atoms with Crippen LogP contribution < -0.4 is 4.90 Å². The van der Waals surface area contributed by atoms with Crippen LogP contribution in [0.15, 0.2) is 24.3 Å². The summed E-state index contributed by atoms with van der Waals surface area (Å²) in [5, 5.41) is 0. The molecular formula is C14H17N3O3. The predicted molar refractivity (Wildman–Crippen MR) is 74.7 cm³/mol. The van der Waals surface area contributed by atoms with E-state index in [1.807, 2.05) is 40.8 Å². The Morgan fingerprint density at radius 3 is 3.00 bits per heavy atom. The van der Waals surface area contributed by atoms with Crippen molar-refractivity contribution in [3.05, 3.63) is 24.3 Å². The van der Waals surface area contributed by atoms with E-state index in [2.05, 4.69) is 4.98 Å². The predicted octanol–water partition coefficient (Wildman–Crippen LogP) is 0.951. The SMILES string of the molecule is COC(=O)C1COCCN1c1nc2ccccc2n1C. The monoisotopic (exact) mass is 275 g/mol. The Bertz CT molecular complexity index is 638. The van der Waals surface area contributed by atoms with Crippen LogP contribution in [0.1, 0.15) is 0 Å². The minimum atomic E-state index is -0.440. The molecule has 1 saturated heterocycles. The maximum Gasteiger partial charge on any atom is 0.331 e. The van der Waals surface area contributed by atoms with Crippen molar-refractivity contribution in [3.8, 4) is 0 Å². The number of anilines is 1. The molecule has 1 atom stereocenters. The molecule has 3 rings (SSSR count). The summed E-state index contributed by atoms with van der Waals surface area (Å²) in [6, 6.07) is 7.47. The minimum absolute atomic E-state index is 0.295. The van der Waals surface area contributed by atoms with Gasteiger partial charge in [-0.05, 0) is 12.1 Å². The van der Waals surface area contributed by atoms with Gasteiger partial charge in [-0.15, -0.1) is 0 Å². The van der Waals surface area contributed by atoms with E-state index in [1.54, 1.807) is 0 Å². The Labute approximate surface area is 116 Å². The molecule has 0 N–H and O–H groups in total. The van der Waals surface area contributed by atoms with Crippen molar-refractivity contribution in [1.82, 2.24) is 9.55 Å². The lowest BCUT2D eigenvalue weighted by Crippen LogP contribution is -2.51. The summed E-state index contributed by atoms with van der Waals surface area (Å²) in [5.41, 5.74) is 1.96. The molecule has 106 valence electrons. The zero-order chi connectivity index (χ0) is 14.1. The van der Waals surface area contributed by atoms with Gasteiger partial charge < -0.3 is 18.9 Å². The van der Waals surface area contributed by atoms with Gasteiger partial charge in [-0.3, -0.25) is 0 Å². The maximum atomic E-state index is 11.9. The van der Waals surface area contributed by atoms with Crippen LogP contribution in [0.25, 0.3) is 11.0 Å². The molecule has 6 nitrogen and oxygen atoms in total. The second-order valence-electron chi connectivity index (χ2n) is 4.77. The van der Waals surface area contributed by atoms with Crippen LogP contribution >= 0.6 is 0 Å². The zero-order valence-electron chi connectivity index (χ0n) is 11.6. The standard InChI is InChI=1S/C14H17N3O3/c1-16-11-6-4-3-5-10(11)15-14(16)17-7-8-20-9-12(17)13(18)19-2/h3-6,12H,7-9H2,1-2H3. The smallest absolute Gasteiger partial charge is 0.331 e. The third-order valence-electron chi connectivity index (χ3n) is 3.62. The Morgan fingerprint density at radius 2 is 2.25 bits per heavy atom. The lowest BCUT2D eigenvalue weighted by Gasteiger charge is -2.34. The highest BCUT2D eigenvalue weighted by Crippen LogP contribution is 2.24. The van der Waals surface area contributed by atoms with Gasteiger partial charge in [0.15, 0.2) is 6.04 Å². The van der Waals surface area contributed by atoms with E-state index in [0.717, 1.165) is 17.0 Å². The van der Waals surface area contributed by atoms with Crippen LogP contribution in [0.5, 0.6) is 0 Å². The first-order valence-corrected chi connectivity index (χ1v) is 6.56. The van der Waals surface area contributed by atoms with Gasteiger partial charge in [-0.1, -0.05) is 12.1 Å². The molecular weight excluding hydrogens is 258 g/mol. The third kappa shape index (κ3) is 2.02. The van der Waals surface area contributed by atoms with Gasteiger partial charge in [-0.2, -0.15) is 0 Å². The number of esters is 1. The number of fused-ring (bicyclic) bond motifs is 1. The second kappa shape index (κ2) is 5.13. The van der Waals surface area contributed by atoms with Gasteiger partial charge in [0, 0.05) is 13.6 Å². The highest BCUT2D eigenvalue weighted by molar-refractivity contribution is 5.83. The number of para-hydroxylation sites is 2. The van der Waals surface area contributed by atoms with Gasteiger partial charge >= 0.3 is 5.97 Å². The number of ether oxygens (including phenoxy) is 2. The van der Waals surface area contributed by atoms with Crippen molar-refractivity contribution in [3.63, 3.8) is 0 Å². The van der Waals surface area contributed by atoms with Crippen LogP contribution in [0.2, 0.25) is 0 Å².